The Bertz CT molecular complexity index is 984. The third-order valence-electron chi connectivity index (χ3n) is 11.4. The molecular formula is C35H56O5. The summed E-state index contributed by atoms with van der Waals surface area (Å²) in [6.45, 7) is 22.8. The molecule has 0 aromatic carbocycles. The molecule has 4 heterocycles. The zero-order valence-corrected chi connectivity index (χ0v) is 26.9. The molecule has 12 unspecified atom stereocenters. The van der Waals surface area contributed by atoms with Crippen molar-refractivity contribution in [2.45, 2.75) is 132 Å². The van der Waals surface area contributed by atoms with Crippen molar-refractivity contribution in [3.8, 4) is 0 Å². The van der Waals surface area contributed by atoms with Crippen molar-refractivity contribution in [3.63, 3.8) is 0 Å². The average Bonchev–Trinajstić information content (AvgIpc) is 3.24. The highest BCUT2D eigenvalue weighted by Gasteiger charge is 2.54. The topological polar surface area (TPSA) is 54.0 Å². The molecule has 40 heavy (non-hydrogen) atoms. The number of ether oxygens (including phenoxy) is 4. The predicted octanol–water partition coefficient (Wildman–Crippen LogP) is 8.05. The highest BCUT2D eigenvalue weighted by atomic mass is 16.7. The monoisotopic (exact) mass is 556 g/mol. The molecule has 0 aromatic rings. The van der Waals surface area contributed by atoms with Gasteiger partial charge in [-0.2, -0.15) is 0 Å². The van der Waals surface area contributed by atoms with Crippen LogP contribution in [0.1, 0.15) is 101 Å². The number of hydrogen-bond acceptors (Lipinski definition) is 5. The number of carbonyl (C=O) groups is 1. The van der Waals surface area contributed by atoms with Crippen molar-refractivity contribution >= 4 is 5.97 Å². The zero-order chi connectivity index (χ0) is 29.4. The summed E-state index contributed by atoms with van der Waals surface area (Å²) in [5.74, 6) is 0.899. The minimum Gasteiger partial charge on any atom is -0.462 e. The normalized spacial score (nSPS) is 49.2. The van der Waals surface area contributed by atoms with Crippen LogP contribution in [-0.4, -0.2) is 42.8 Å². The number of esters is 1. The van der Waals surface area contributed by atoms with E-state index in [1.807, 2.05) is 6.92 Å². The van der Waals surface area contributed by atoms with E-state index in [9.17, 15) is 4.79 Å². The fourth-order valence-corrected chi connectivity index (χ4v) is 7.55. The summed E-state index contributed by atoms with van der Waals surface area (Å²) < 4.78 is 26.3. The van der Waals surface area contributed by atoms with Gasteiger partial charge in [0.15, 0.2) is 5.79 Å². The van der Waals surface area contributed by atoms with Crippen LogP contribution in [0.2, 0.25) is 0 Å². The summed E-state index contributed by atoms with van der Waals surface area (Å²) >= 11 is 0. The molecule has 1 spiro atoms. The van der Waals surface area contributed by atoms with Crippen molar-refractivity contribution in [2.24, 2.45) is 40.9 Å². The van der Waals surface area contributed by atoms with Gasteiger partial charge in [-0.3, -0.25) is 4.79 Å². The smallest absolute Gasteiger partial charge is 0.309 e. The molecule has 0 saturated carbocycles. The molecule has 3 saturated heterocycles. The van der Waals surface area contributed by atoms with Gasteiger partial charge < -0.3 is 18.9 Å². The van der Waals surface area contributed by atoms with Gasteiger partial charge in [0.1, 0.15) is 6.10 Å². The van der Waals surface area contributed by atoms with Gasteiger partial charge in [0.25, 0.3) is 0 Å². The largest absolute Gasteiger partial charge is 0.462 e. The van der Waals surface area contributed by atoms with Crippen LogP contribution in [0.5, 0.6) is 0 Å². The molecule has 4 aliphatic heterocycles. The Balaban J connectivity index is 1.72. The van der Waals surface area contributed by atoms with Crippen LogP contribution >= 0.6 is 0 Å². The molecule has 4 rings (SSSR count). The van der Waals surface area contributed by atoms with Gasteiger partial charge in [-0.25, -0.2) is 0 Å². The van der Waals surface area contributed by atoms with E-state index in [1.54, 1.807) is 0 Å². The van der Waals surface area contributed by atoms with E-state index in [-0.39, 0.29) is 36.3 Å². The molecule has 5 nitrogen and oxygen atoms in total. The highest BCUT2D eigenvalue weighted by Crippen LogP contribution is 2.50. The lowest BCUT2D eigenvalue weighted by Crippen LogP contribution is -2.55. The van der Waals surface area contributed by atoms with Crippen LogP contribution in [0.25, 0.3) is 0 Å². The molecule has 0 N–H and O–H groups in total. The summed E-state index contributed by atoms with van der Waals surface area (Å²) in [7, 11) is 0. The molecule has 5 heteroatoms. The third kappa shape index (κ3) is 6.17. The number of hydrogen-bond donors (Lipinski definition) is 0. The zero-order valence-electron chi connectivity index (χ0n) is 26.9. The van der Waals surface area contributed by atoms with Crippen molar-refractivity contribution < 1.29 is 23.7 Å². The van der Waals surface area contributed by atoms with Gasteiger partial charge in [-0.15, -0.1) is 0 Å². The summed E-state index contributed by atoms with van der Waals surface area (Å²) in [5.41, 5.74) is 2.13. The van der Waals surface area contributed by atoms with Crippen LogP contribution < -0.4 is 0 Å². The Morgan fingerprint density at radius 1 is 1.05 bits per heavy atom. The van der Waals surface area contributed by atoms with Gasteiger partial charge >= 0.3 is 5.97 Å². The van der Waals surface area contributed by atoms with Crippen molar-refractivity contribution in [1.82, 2.24) is 0 Å². The third-order valence-corrected chi connectivity index (χ3v) is 11.4. The van der Waals surface area contributed by atoms with Crippen LogP contribution in [0.4, 0.5) is 0 Å². The fraction of sp³-hybridized carbons (Fsp3) is 0.800. The predicted molar refractivity (Wildman–Crippen MR) is 161 cm³/mol. The highest BCUT2D eigenvalue weighted by molar-refractivity contribution is 5.74. The average molecular weight is 557 g/mol. The number of fused-ring (bicyclic) bond motifs is 3. The molecule has 226 valence electrons. The Morgan fingerprint density at radius 2 is 1.77 bits per heavy atom. The summed E-state index contributed by atoms with van der Waals surface area (Å²) in [5, 5.41) is 0. The maximum atomic E-state index is 14.0. The summed E-state index contributed by atoms with van der Waals surface area (Å²) in [4.78, 5) is 14.0. The quantitative estimate of drug-likeness (QED) is 0.254. The fourth-order valence-electron chi connectivity index (χ4n) is 7.55. The maximum Gasteiger partial charge on any atom is 0.309 e. The van der Waals surface area contributed by atoms with E-state index in [0.29, 0.717) is 49.0 Å². The number of carbonyl (C=O) groups excluding carboxylic acids is 1. The number of allylic oxidation sites excluding steroid dienone is 4. The van der Waals surface area contributed by atoms with E-state index in [1.165, 1.54) is 11.1 Å². The first-order valence-corrected chi connectivity index (χ1v) is 16.0. The number of rotatable bonds is 2. The molecule has 0 aliphatic carbocycles. The molecule has 0 amide bonds. The van der Waals surface area contributed by atoms with E-state index in [2.05, 4.69) is 86.6 Å². The second-order valence-corrected chi connectivity index (χ2v) is 14.0. The minimum atomic E-state index is -0.706. The minimum absolute atomic E-state index is 0.0289. The molecular weight excluding hydrogens is 500 g/mol. The Kier molecular flexibility index (Phi) is 9.79. The van der Waals surface area contributed by atoms with Crippen molar-refractivity contribution in [2.75, 3.05) is 6.61 Å². The molecule has 12 atom stereocenters. The second kappa shape index (κ2) is 12.4. The lowest BCUT2D eigenvalue weighted by atomic mass is 9.66. The van der Waals surface area contributed by atoms with Crippen LogP contribution in [0, 0.1) is 40.9 Å². The van der Waals surface area contributed by atoms with Gasteiger partial charge in [-0.05, 0) is 55.4 Å². The Hall–Kier alpha value is -1.43. The van der Waals surface area contributed by atoms with E-state index in [4.69, 9.17) is 18.9 Å². The maximum absolute atomic E-state index is 14.0. The van der Waals surface area contributed by atoms with Gasteiger partial charge in [-0.1, -0.05) is 91.7 Å². The SMILES string of the molecule is CCC(C)C1OC/C2=C\C=C\C(C)C(C)/C(C)=C/CC3CC(CC4(CC(C)C(C)C(C)O4)O3)OC(=O)C(C)C21C. The van der Waals surface area contributed by atoms with Crippen LogP contribution in [-0.2, 0) is 23.7 Å². The van der Waals surface area contributed by atoms with Crippen LogP contribution in [0.3, 0.4) is 0 Å². The lowest BCUT2D eigenvalue weighted by molar-refractivity contribution is -0.340. The lowest BCUT2D eigenvalue weighted by Gasteiger charge is -2.51. The summed E-state index contributed by atoms with van der Waals surface area (Å²) in [6, 6.07) is 0. The molecule has 0 aromatic heterocycles. The van der Waals surface area contributed by atoms with Crippen molar-refractivity contribution in [3.05, 3.63) is 35.5 Å². The first-order valence-electron chi connectivity index (χ1n) is 16.0. The molecule has 4 aliphatic rings. The standard InChI is InChI=1S/C35H56O5/c1-11-21(2)32-34(10)27(8)33(36)38-31-17-30(40-35(19-31)18-24(5)26(7)28(9)39-35)16-15-23(4)25(6)22(3)13-12-14-29(34)20-37-32/h12-15,21-22,24-28,30-32H,11,16-20H2,1-10H3/b13-12+,23-15+,29-14+. The van der Waals surface area contributed by atoms with Gasteiger partial charge in [0.2, 0.25) is 0 Å². The molecule has 0 radical (unpaired) electrons. The van der Waals surface area contributed by atoms with E-state index in [0.717, 1.165) is 19.3 Å². The Morgan fingerprint density at radius 3 is 2.45 bits per heavy atom. The van der Waals surface area contributed by atoms with E-state index >= 15 is 0 Å². The Labute approximate surface area is 244 Å². The van der Waals surface area contributed by atoms with Crippen LogP contribution in [0.15, 0.2) is 35.5 Å². The van der Waals surface area contributed by atoms with Crippen molar-refractivity contribution in [1.29, 1.82) is 0 Å². The first kappa shape index (κ1) is 31.5. The first-order chi connectivity index (χ1) is 18.8. The second-order valence-electron chi connectivity index (χ2n) is 14.0. The van der Waals surface area contributed by atoms with E-state index < -0.39 is 11.2 Å². The molecule has 3 fully saturated rings. The van der Waals surface area contributed by atoms with Gasteiger partial charge in [0, 0.05) is 24.7 Å². The van der Waals surface area contributed by atoms with Gasteiger partial charge in [0.05, 0.1) is 30.8 Å². The summed E-state index contributed by atoms with van der Waals surface area (Å²) in [6.07, 6.45) is 12.7. The molecule has 2 bridgehead atoms.